The highest BCUT2D eigenvalue weighted by atomic mass is 19.1. The van der Waals surface area contributed by atoms with Crippen LogP contribution in [-0.2, 0) is 16.0 Å². The fraction of sp³-hybridized carbons (Fsp3) is 0.312. The van der Waals surface area contributed by atoms with Crippen LogP contribution >= 0.6 is 0 Å². The molecule has 0 atom stereocenters. The Kier molecular flexibility index (Phi) is 5.62. The molecule has 0 spiro atoms. The molecule has 2 rings (SSSR count). The molecule has 6 nitrogen and oxygen atoms in total. The highest BCUT2D eigenvalue weighted by molar-refractivity contribution is 6.39. The number of nitrogens with zero attached hydrogens (tertiary/aromatic N) is 2. The summed E-state index contributed by atoms with van der Waals surface area (Å²) in [6, 6.07) is 4.74. The number of aromatic nitrogens is 2. The zero-order valence-electron chi connectivity index (χ0n) is 13.3. The molecular formula is C16H18F2N4O2. The summed E-state index contributed by atoms with van der Waals surface area (Å²) in [6.45, 7) is 4.21. The van der Waals surface area contributed by atoms with Crippen LogP contribution in [0.5, 0.6) is 0 Å². The molecule has 0 aliphatic heterocycles. The first-order chi connectivity index (χ1) is 11.4. The third-order valence-electron chi connectivity index (χ3n) is 3.24. The Labute approximate surface area is 137 Å². The van der Waals surface area contributed by atoms with E-state index in [0.29, 0.717) is 12.5 Å². The molecule has 0 saturated heterocycles. The molecule has 2 aromatic rings. The van der Waals surface area contributed by atoms with E-state index < -0.39 is 23.4 Å². The highest BCUT2D eigenvalue weighted by Gasteiger charge is 2.15. The van der Waals surface area contributed by atoms with Crippen molar-refractivity contribution in [2.75, 3.05) is 11.9 Å². The van der Waals surface area contributed by atoms with Gasteiger partial charge in [-0.05, 0) is 32.0 Å². The molecule has 24 heavy (non-hydrogen) atoms. The molecule has 0 radical (unpaired) electrons. The van der Waals surface area contributed by atoms with Gasteiger partial charge in [-0.25, -0.2) is 8.78 Å². The Morgan fingerprint density at radius 3 is 2.58 bits per heavy atom. The third-order valence-corrected chi connectivity index (χ3v) is 3.24. The van der Waals surface area contributed by atoms with Crippen molar-refractivity contribution >= 4 is 17.5 Å². The molecule has 0 aliphatic carbocycles. The van der Waals surface area contributed by atoms with Crippen LogP contribution in [0.4, 0.5) is 14.5 Å². The Bertz CT molecular complexity index is 743. The van der Waals surface area contributed by atoms with E-state index in [2.05, 4.69) is 15.7 Å². The van der Waals surface area contributed by atoms with Gasteiger partial charge < -0.3 is 10.6 Å². The molecule has 128 valence electrons. The molecule has 2 N–H and O–H groups in total. The van der Waals surface area contributed by atoms with Gasteiger partial charge in [0.15, 0.2) is 0 Å². The van der Waals surface area contributed by atoms with Crippen LogP contribution in [0.2, 0.25) is 0 Å². The maximum atomic E-state index is 13.4. The zero-order chi connectivity index (χ0) is 17.7. The summed E-state index contributed by atoms with van der Waals surface area (Å²) in [6.07, 6.45) is 2.30. The van der Waals surface area contributed by atoms with Crippen LogP contribution in [0.15, 0.2) is 30.5 Å². The Hall–Kier alpha value is -2.77. The first-order valence-electron chi connectivity index (χ1n) is 7.45. The summed E-state index contributed by atoms with van der Waals surface area (Å²) in [5, 5.41) is 8.84. The van der Waals surface area contributed by atoms with E-state index in [-0.39, 0.29) is 18.3 Å². The normalized spacial score (nSPS) is 10.7. The predicted molar refractivity (Wildman–Crippen MR) is 84.3 cm³/mol. The lowest BCUT2D eigenvalue weighted by atomic mass is 10.3. The number of carbonyl (C=O) groups is 2. The average Bonchev–Trinajstić information content (AvgIpc) is 2.99. The molecule has 2 amide bonds. The van der Waals surface area contributed by atoms with Crippen molar-refractivity contribution in [1.29, 1.82) is 0 Å². The number of hydrogen-bond donors (Lipinski definition) is 2. The van der Waals surface area contributed by atoms with E-state index in [9.17, 15) is 18.4 Å². The molecule has 0 fully saturated rings. The van der Waals surface area contributed by atoms with Crippen molar-refractivity contribution in [3.63, 3.8) is 0 Å². The number of hydrogen-bond acceptors (Lipinski definition) is 3. The number of halogens is 2. The molecule has 1 aromatic heterocycles. The minimum absolute atomic E-state index is 0.216. The fourth-order valence-corrected chi connectivity index (χ4v) is 1.95. The lowest BCUT2D eigenvalue weighted by molar-refractivity contribution is -0.136. The summed E-state index contributed by atoms with van der Waals surface area (Å²) in [4.78, 5) is 23.4. The van der Waals surface area contributed by atoms with Gasteiger partial charge in [0.25, 0.3) is 0 Å². The zero-order valence-corrected chi connectivity index (χ0v) is 13.3. The molecule has 0 aliphatic rings. The molecule has 0 saturated carbocycles. The standard InChI is InChI=1S/C16H18F2N4O2/c1-10(2)22-8-6-12(21-22)5-7-19-15(23)16(24)20-14-4-3-11(17)9-13(14)18/h3-4,6,8-10H,5,7H2,1-2H3,(H,19,23)(H,20,24). The van der Waals surface area contributed by atoms with Crippen LogP contribution < -0.4 is 10.6 Å². The fourth-order valence-electron chi connectivity index (χ4n) is 1.95. The lowest BCUT2D eigenvalue weighted by Gasteiger charge is -2.07. The van der Waals surface area contributed by atoms with Gasteiger partial charge in [-0.15, -0.1) is 0 Å². The van der Waals surface area contributed by atoms with E-state index in [1.165, 1.54) is 0 Å². The van der Waals surface area contributed by atoms with Crippen LogP contribution in [0.1, 0.15) is 25.6 Å². The van der Waals surface area contributed by atoms with Gasteiger partial charge in [-0.1, -0.05) is 0 Å². The van der Waals surface area contributed by atoms with Crippen LogP contribution in [-0.4, -0.2) is 28.1 Å². The van der Waals surface area contributed by atoms with Crippen molar-refractivity contribution in [2.45, 2.75) is 26.3 Å². The molecule has 0 bridgehead atoms. The second-order valence-corrected chi connectivity index (χ2v) is 5.47. The SMILES string of the molecule is CC(C)n1ccc(CCNC(=O)C(=O)Nc2ccc(F)cc2F)n1. The predicted octanol–water partition coefficient (Wildman–Crippen LogP) is 2.04. The van der Waals surface area contributed by atoms with E-state index in [4.69, 9.17) is 0 Å². The summed E-state index contributed by atoms with van der Waals surface area (Å²) < 4.78 is 28.0. The highest BCUT2D eigenvalue weighted by Crippen LogP contribution is 2.14. The van der Waals surface area contributed by atoms with Crippen LogP contribution in [0.3, 0.4) is 0 Å². The average molecular weight is 336 g/mol. The summed E-state index contributed by atoms with van der Waals surface area (Å²) in [7, 11) is 0. The summed E-state index contributed by atoms with van der Waals surface area (Å²) in [5.74, 6) is -3.64. The molecule has 0 unspecified atom stereocenters. The van der Waals surface area contributed by atoms with E-state index in [0.717, 1.165) is 17.8 Å². The number of rotatable bonds is 5. The minimum atomic E-state index is -1.02. The summed E-state index contributed by atoms with van der Waals surface area (Å²) >= 11 is 0. The van der Waals surface area contributed by atoms with Crippen molar-refractivity contribution in [1.82, 2.24) is 15.1 Å². The third kappa shape index (κ3) is 4.61. The Morgan fingerprint density at radius 2 is 1.96 bits per heavy atom. The van der Waals surface area contributed by atoms with Gasteiger partial charge in [0.2, 0.25) is 0 Å². The minimum Gasteiger partial charge on any atom is -0.347 e. The van der Waals surface area contributed by atoms with Crippen molar-refractivity contribution < 1.29 is 18.4 Å². The maximum absolute atomic E-state index is 13.4. The van der Waals surface area contributed by atoms with Gasteiger partial charge in [-0.2, -0.15) is 5.10 Å². The first-order valence-corrected chi connectivity index (χ1v) is 7.45. The quantitative estimate of drug-likeness (QED) is 0.821. The Morgan fingerprint density at radius 1 is 1.21 bits per heavy atom. The number of anilines is 1. The van der Waals surface area contributed by atoms with Crippen LogP contribution in [0, 0.1) is 11.6 Å². The van der Waals surface area contributed by atoms with Crippen molar-refractivity contribution in [3.05, 3.63) is 47.8 Å². The van der Waals surface area contributed by atoms with Gasteiger partial charge in [0.1, 0.15) is 11.6 Å². The molecular weight excluding hydrogens is 318 g/mol. The monoisotopic (exact) mass is 336 g/mol. The molecule has 1 heterocycles. The van der Waals surface area contributed by atoms with Crippen molar-refractivity contribution in [2.24, 2.45) is 0 Å². The Balaban J connectivity index is 1.82. The van der Waals surface area contributed by atoms with E-state index in [1.807, 2.05) is 26.1 Å². The maximum Gasteiger partial charge on any atom is 0.313 e. The van der Waals surface area contributed by atoms with Gasteiger partial charge in [0.05, 0.1) is 11.4 Å². The first kappa shape index (κ1) is 17.6. The van der Waals surface area contributed by atoms with Crippen LogP contribution in [0.25, 0.3) is 0 Å². The van der Waals surface area contributed by atoms with Gasteiger partial charge >= 0.3 is 11.8 Å². The number of nitrogens with one attached hydrogen (secondary N) is 2. The van der Waals surface area contributed by atoms with Gasteiger partial charge in [-0.3, -0.25) is 14.3 Å². The number of carbonyl (C=O) groups excluding carboxylic acids is 2. The number of benzene rings is 1. The van der Waals surface area contributed by atoms with Crippen molar-refractivity contribution in [3.8, 4) is 0 Å². The van der Waals surface area contributed by atoms with E-state index >= 15 is 0 Å². The topological polar surface area (TPSA) is 76.0 Å². The number of amides is 2. The smallest absolute Gasteiger partial charge is 0.313 e. The largest absolute Gasteiger partial charge is 0.347 e. The second kappa shape index (κ2) is 7.67. The lowest BCUT2D eigenvalue weighted by Crippen LogP contribution is -2.36. The van der Waals surface area contributed by atoms with Gasteiger partial charge in [0, 0.05) is 31.3 Å². The second-order valence-electron chi connectivity index (χ2n) is 5.47. The molecule has 1 aromatic carbocycles. The molecule has 8 heteroatoms. The summed E-state index contributed by atoms with van der Waals surface area (Å²) in [5.41, 5.74) is 0.529. The van der Waals surface area contributed by atoms with E-state index in [1.54, 1.807) is 4.68 Å².